The Morgan fingerprint density at radius 1 is 1.17 bits per heavy atom. The van der Waals surface area contributed by atoms with E-state index in [2.05, 4.69) is 5.32 Å². The highest BCUT2D eigenvalue weighted by atomic mass is 32.2. The van der Waals surface area contributed by atoms with Crippen LogP contribution >= 0.6 is 0 Å². The second kappa shape index (κ2) is 6.92. The lowest BCUT2D eigenvalue weighted by molar-refractivity contribution is 0.0937. The summed E-state index contributed by atoms with van der Waals surface area (Å²) in [6.45, 7) is 1.77. The summed E-state index contributed by atoms with van der Waals surface area (Å²) in [7, 11) is -1.79. The molecule has 0 spiro atoms. The highest BCUT2D eigenvalue weighted by Gasteiger charge is 2.16. The maximum Gasteiger partial charge on any atom is 0.255 e. The first-order valence-corrected chi connectivity index (χ1v) is 9.09. The molecule has 1 amide bonds. The number of sulfone groups is 1. The highest BCUT2D eigenvalue weighted by Crippen LogP contribution is 2.24. The summed E-state index contributed by atoms with van der Waals surface area (Å²) in [4.78, 5) is 12.5. The molecule has 0 bridgehead atoms. The minimum Gasteiger partial charge on any atom is -0.507 e. The average Bonchev–Trinajstić information content (AvgIpc) is 2.53. The summed E-state index contributed by atoms with van der Waals surface area (Å²) in [5, 5.41) is 12.7. The summed E-state index contributed by atoms with van der Waals surface area (Å²) in [6.07, 6.45) is 1.14. The second-order valence-corrected chi connectivity index (χ2v) is 7.44. The van der Waals surface area contributed by atoms with E-state index in [1.807, 2.05) is 0 Å². The fourth-order valence-electron chi connectivity index (χ4n) is 2.19. The number of phenols is 1. The summed E-state index contributed by atoms with van der Waals surface area (Å²) in [5.74, 6) is -0.158. The third-order valence-corrected chi connectivity index (χ3v) is 4.73. The van der Waals surface area contributed by atoms with E-state index in [1.54, 1.807) is 25.1 Å². The van der Waals surface area contributed by atoms with Gasteiger partial charge in [-0.3, -0.25) is 4.79 Å². The van der Waals surface area contributed by atoms with Crippen molar-refractivity contribution in [2.75, 3.05) is 13.4 Å². The molecule has 24 heavy (non-hydrogen) atoms. The third kappa shape index (κ3) is 4.05. The highest BCUT2D eigenvalue weighted by molar-refractivity contribution is 7.90. The van der Waals surface area contributed by atoms with Crippen molar-refractivity contribution in [2.24, 2.45) is 0 Å². The molecule has 6 nitrogen and oxygen atoms in total. The first-order valence-electron chi connectivity index (χ1n) is 7.20. The van der Waals surface area contributed by atoms with E-state index in [0.717, 1.165) is 11.8 Å². The van der Waals surface area contributed by atoms with Crippen molar-refractivity contribution >= 4 is 15.7 Å². The van der Waals surface area contributed by atoms with Gasteiger partial charge in [-0.25, -0.2) is 8.42 Å². The third-order valence-electron chi connectivity index (χ3n) is 3.61. The van der Waals surface area contributed by atoms with Crippen molar-refractivity contribution in [1.29, 1.82) is 0 Å². The molecule has 2 N–H and O–H groups in total. The Balaban J connectivity index is 2.14. The molecule has 128 valence electrons. The van der Waals surface area contributed by atoms with Crippen molar-refractivity contribution < 1.29 is 23.1 Å². The molecule has 0 radical (unpaired) electrons. The SMILES string of the molecule is COc1ccc(C(=O)NC(C)c2ccc(S(C)(=O)=O)cc2)c(O)c1. The number of rotatable bonds is 5. The molecule has 0 heterocycles. The Hall–Kier alpha value is -2.54. The average molecular weight is 349 g/mol. The van der Waals surface area contributed by atoms with E-state index in [1.165, 1.54) is 31.4 Å². The molecule has 0 aliphatic carbocycles. The number of amides is 1. The first-order chi connectivity index (χ1) is 11.2. The van der Waals surface area contributed by atoms with Gasteiger partial charge in [-0.05, 0) is 36.8 Å². The van der Waals surface area contributed by atoms with Crippen molar-refractivity contribution in [3.05, 3.63) is 53.6 Å². The number of aromatic hydroxyl groups is 1. The molecule has 1 atom stereocenters. The van der Waals surface area contributed by atoms with Gasteiger partial charge < -0.3 is 15.2 Å². The molecule has 0 saturated carbocycles. The number of methoxy groups -OCH3 is 1. The van der Waals surface area contributed by atoms with Crippen LogP contribution in [0.25, 0.3) is 0 Å². The molecule has 0 aliphatic rings. The molecule has 2 aromatic rings. The van der Waals surface area contributed by atoms with Gasteiger partial charge in [-0.1, -0.05) is 12.1 Å². The lowest BCUT2D eigenvalue weighted by atomic mass is 10.1. The zero-order chi connectivity index (χ0) is 17.9. The van der Waals surface area contributed by atoms with E-state index in [4.69, 9.17) is 4.74 Å². The Morgan fingerprint density at radius 2 is 1.79 bits per heavy atom. The zero-order valence-electron chi connectivity index (χ0n) is 13.6. The van der Waals surface area contributed by atoms with Crippen molar-refractivity contribution in [3.63, 3.8) is 0 Å². The van der Waals surface area contributed by atoms with Crippen molar-refractivity contribution in [3.8, 4) is 11.5 Å². The number of hydrogen-bond acceptors (Lipinski definition) is 5. The van der Waals surface area contributed by atoms with Gasteiger partial charge in [-0.2, -0.15) is 0 Å². The maximum absolute atomic E-state index is 12.3. The van der Waals surface area contributed by atoms with Gasteiger partial charge in [0.05, 0.1) is 23.6 Å². The number of phenolic OH excluding ortho intramolecular Hbond substituents is 1. The molecule has 0 fully saturated rings. The van der Waals surface area contributed by atoms with E-state index < -0.39 is 15.7 Å². The van der Waals surface area contributed by atoms with Crippen LogP contribution in [0.5, 0.6) is 11.5 Å². The van der Waals surface area contributed by atoms with Gasteiger partial charge in [0.1, 0.15) is 11.5 Å². The van der Waals surface area contributed by atoms with E-state index >= 15 is 0 Å². The number of ether oxygens (including phenoxy) is 1. The fraction of sp³-hybridized carbons (Fsp3) is 0.235. The van der Waals surface area contributed by atoms with E-state index in [0.29, 0.717) is 5.75 Å². The molecular weight excluding hydrogens is 330 g/mol. The number of hydrogen-bond donors (Lipinski definition) is 2. The van der Waals surface area contributed by atoms with Crippen LogP contribution in [0.15, 0.2) is 47.4 Å². The van der Waals surface area contributed by atoms with Crippen LogP contribution in [0.4, 0.5) is 0 Å². The second-order valence-electron chi connectivity index (χ2n) is 5.42. The minimum absolute atomic E-state index is 0.135. The smallest absolute Gasteiger partial charge is 0.255 e. The summed E-state index contributed by atoms with van der Waals surface area (Å²) < 4.78 is 27.9. The lowest BCUT2D eigenvalue weighted by Crippen LogP contribution is -2.26. The van der Waals surface area contributed by atoms with Crippen LogP contribution in [0, 0.1) is 0 Å². The molecule has 0 saturated heterocycles. The number of carbonyl (C=O) groups is 1. The van der Waals surface area contributed by atoms with Crippen LogP contribution < -0.4 is 10.1 Å². The zero-order valence-corrected chi connectivity index (χ0v) is 14.4. The van der Waals surface area contributed by atoms with Crippen LogP contribution in [0.2, 0.25) is 0 Å². The molecular formula is C17H19NO5S. The topological polar surface area (TPSA) is 92.7 Å². The van der Waals surface area contributed by atoms with Gasteiger partial charge in [0.15, 0.2) is 9.84 Å². The van der Waals surface area contributed by atoms with Crippen LogP contribution in [0.3, 0.4) is 0 Å². The quantitative estimate of drug-likeness (QED) is 0.864. The van der Waals surface area contributed by atoms with Crippen LogP contribution in [0.1, 0.15) is 28.9 Å². The van der Waals surface area contributed by atoms with Gasteiger partial charge in [0.2, 0.25) is 0 Å². The Labute approximate surface area is 141 Å². The summed E-state index contributed by atoms with van der Waals surface area (Å²) in [6, 6.07) is 10.4. The number of benzene rings is 2. The fourth-order valence-corrected chi connectivity index (χ4v) is 2.82. The molecule has 2 aromatic carbocycles. The molecule has 1 unspecified atom stereocenters. The van der Waals surface area contributed by atoms with Crippen molar-refractivity contribution in [1.82, 2.24) is 5.32 Å². The van der Waals surface area contributed by atoms with Crippen molar-refractivity contribution in [2.45, 2.75) is 17.9 Å². The standard InChI is InChI=1S/C17H19NO5S/c1-11(12-4-7-14(8-5-12)24(3,21)22)18-17(20)15-9-6-13(23-2)10-16(15)19/h4-11,19H,1-3H3,(H,18,20). The van der Waals surface area contributed by atoms with Gasteiger partial charge in [0.25, 0.3) is 5.91 Å². The Kier molecular flexibility index (Phi) is 5.14. The molecule has 7 heteroatoms. The van der Waals surface area contributed by atoms with Gasteiger partial charge >= 0.3 is 0 Å². The summed E-state index contributed by atoms with van der Waals surface area (Å²) >= 11 is 0. The Morgan fingerprint density at radius 3 is 2.29 bits per heavy atom. The van der Waals surface area contributed by atoms with Gasteiger partial charge in [-0.15, -0.1) is 0 Å². The predicted molar refractivity (Wildman–Crippen MR) is 90.1 cm³/mol. The van der Waals surface area contributed by atoms with Crippen LogP contribution in [-0.4, -0.2) is 32.8 Å². The first kappa shape index (κ1) is 17.8. The number of carbonyl (C=O) groups excluding carboxylic acids is 1. The van der Waals surface area contributed by atoms with E-state index in [9.17, 15) is 18.3 Å². The van der Waals surface area contributed by atoms with Gasteiger partial charge in [0, 0.05) is 12.3 Å². The summed E-state index contributed by atoms with van der Waals surface area (Å²) in [5.41, 5.74) is 0.888. The minimum atomic E-state index is -3.26. The number of nitrogens with one attached hydrogen (secondary N) is 1. The predicted octanol–water partition coefficient (Wildman–Crippen LogP) is 2.30. The molecule has 2 rings (SSSR count). The largest absolute Gasteiger partial charge is 0.507 e. The lowest BCUT2D eigenvalue weighted by Gasteiger charge is -2.15. The molecule has 0 aromatic heterocycles. The molecule has 0 aliphatic heterocycles. The van der Waals surface area contributed by atoms with E-state index in [-0.39, 0.29) is 22.3 Å². The monoisotopic (exact) mass is 349 g/mol. The maximum atomic E-state index is 12.3. The Bertz CT molecular complexity index is 844. The van der Waals surface area contributed by atoms with Crippen LogP contribution in [-0.2, 0) is 9.84 Å². The normalized spacial score (nSPS) is 12.5.